The lowest BCUT2D eigenvalue weighted by atomic mass is 10.1. The number of carbonyl (C=O) groups is 2. The summed E-state index contributed by atoms with van der Waals surface area (Å²) >= 11 is 0. The zero-order valence-corrected chi connectivity index (χ0v) is 12.8. The van der Waals surface area contributed by atoms with Crippen molar-refractivity contribution in [3.8, 4) is 5.75 Å². The standard InChI is InChI=1S/C18H18N2O3/c1-12-17(21)20-15-11-13(7-8-16(15)23-12)9-10-19-18(22)14-5-3-2-4-6-14/h2-8,11-12H,9-10H2,1H3,(H,19,22)(H,20,21). The Kier molecular flexibility index (Phi) is 4.28. The Morgan fingerprint density at radius 3 is 2.78 bits per heavy atom. The van der Waals surface area contributed by atoms with Crippen LogP contribution in [0.4, 0.5) is 5.69 Å². The molecule has 1 aliphatic heterocycles. The van der Waals surface area contributed by atoms with Gasteiger partial charge in [-0.25, -0.2) is 0 Å². The molecule has 0 spiro atoms. The van der Waals surface area contributed by atoms with Crippen LogP contribution < -0.4 is 15.4 Å². The van der Waals surface area contributed by atoms with Gasteiger partial charge in [0.15, 0.2) is 6.10 Å². The van der Waals surface area contributed by atoms with Crippen LogP contribution in [-0.2, 0) is 11.2 Å². The van der Waals surface area contributed by atoms with Crippen molar-refractivity contribution in [3.05, 3.63) is 59.7 Å². The molecule has 1 unspecified atom stereocenters. The summed E-state index contributed by atoms with van der Waals surface area (Å²) in [5.41, 5.74) is 2.35. The number of fused-ring (bicyclic) bond motifs is 1. The molecule has 2 amide bonds. The monoisotopic (exact) mass is 310 g/mol. The SMILES string of the molecule is CC1Oc2ccc(CCNC(=O)c3ccccc3)cc2NC1=O. The van der Waals surface area contributed by atoms with Gasteiger partial charge < -0.3 is 15.4 Å². The number of amides is 2. The normalized spacial score (nSPS) is 16.0. The molecular formula is C18H18N2O3. The molecule has 0 saturated carbocycles. The number of nitrogens with one attached hydrogen (secondary N) is 2. The van der Waals surface area contributed by atoms with Crippen LogP contribution in [-0.4, -0.2) is 24.5 Å². The second-order valence-electron chi connectivity index (χ2n) is 5.45. The van der Waals surface area contributed by atoms with Crippen LogP contribution in [0, 0.1) is 0 Å². The van der Waals surface area contributed by atoms with E-state index in [4.69, 9.17) is 4.74 Å². The maximum Gasteiger partial charge on any atom is 0.265 e. The molecule has 0 saturated heterocycles. The lowest BCUT2D eigenvalue weighted by Gasteiger charge is -2.23. The predicted molar refractivity (Wildman–Crippen MR) is 87.6 cm³/mol. The summed E-state index contributed by atoms with van der Waals surface area (Å²) in [5.74, 6) is 0.440. The fourth-order valence-corrected chi connectivity index (χ4v) is 2.42. The van der Waals surface area contributed by atoms with Crippen LogP contribution in [0.5, 0.6) is 5.75 Å². The summed E-state index contributed by atoms with van der Waals surface area (Å²) in [6.45, 7) is 2.24. The van der Waals surface area contributed by atoms with Crippen LogP contribution in [0.2, 0.25) is 0 Å². The molecule has 3 rings (SSSR count). The first kappa shape index (κ1) is 15.1. The average Bonchev–Trinajstić information content (AvgIpc) is 2.57. The second-order valence-corrected chi connectivity index (χ2v) is 5.45. The first-order valence-corrected chi connectivity index (χ1v) is 7.57. The number of anilines is 1. The topological polar surface area (TPSA) is 67.4 Å². The van der Waals surface area contributed by atoms with Gasteiger partial charge in [0.25, 0.3) is 11.8 Å². The first-order valence-electron chi connectivity index (χ1n) is 7.57. The molecule has 0 aliphatic carbocycles. The molecule has 1 atom stereocenters. The molecule has 0 bridgehead atoms. The number of benzene rings is 2. The quantitative estimate of drug-likeness (QED) is 0.911. The molecule has 0 radical (unpaired) electrons. The van der Waals surface area contributed by atoms with Crippen LogP contribution >= 0.6 is 0 Å². The number of hydrogen-bond acceptors (Lipinski definition) is 3. The van der Waals surface area contributed by atoms with E-state index in [0.717, 1.165) is 5.56 Å². The summed E-state index contributed by atoms with van der Waals surface area (Å²) in [6, 6.07) is 14.8. The van der Waals surface area contributed by atoms with E-state index < -0.39 is 6.10 Å². The molecular weight excluding hydrogens is 292 g/mol. The molecule has 0 aromatic heterocycles. The minimum absolute atomic E-state index is 0.0889. The minimum atomic E-state index is -0.474. The highest BCUT2D eigenvalue weighted by atomic mass is 16.5. The number of carbonyl (C=O) groups excluding carboxylic acids is 2. The van der Waals surface area contributed by atoms with E-state index in [-0.39, 0.29) is 11.8 Å². The molecule has 5 heteroatoms. The summed E-state index contributed by atoms with van der Waals surface area (Å²) in [5, 5.41) is 5.71. The van der Waals surface area contributed by atoms with E-state index in [2.05, 4.69) is 10.6 Å². The molecule has 1 heterocycles. The van der Waals surface area contributed by atoms with Gasteiger partial charge in [-0.1, -0.05) is 24.3 Å². The Morgan fingerprint density at radius 2 is 2.00 bits per heavy atom. The van der Waals surface area contributed by atoms with Crippen molar-refractivity contribution >= 4 is 17.5 Å². The second kappa shape index (κ2) is 6.52. The lowest BCUT2D eigenvalue weighted by Crippen LogP contribution is -2.34. The molecule has 1 aliphatic rings. The van der Waals surface area contributed by atoms with Gasteiger partial charge in [-0.3, -0.25) is 9.59 Å². The average molecular weight is 310 g/mol. The third kappa shape index (κ3) is 3.51. The summed E-state index contributed by atoms with van der Waals surface area (Å²) in [4.78, 5) is 23.6. The van der Waals surface area contributed by atoms with Gasteiger partial charge in [-0.2, -0.15) is 0 Å². The van der Waals surface area contributed by atoms with Crippen molar-refractivity contribution in [2.45, 2.75) is 19.4 Å². The van der Waals surface area contributed by atoms with E-state index in [1.54, 1.807) is 19.1 Å². The van der Waals surface area contributed by atoms with E-state index in [0.29, 0.717) is 30.0 Å². The molecule has 23 heavy (non-hydrogen) atoms. The van der Waals surface area contributed by atoms with Crippen molar-refractivity contribution in [1.29, 1.82) is 0 Å². The summed E-state index contributed by atoms with van der Waals surface area (Å²) in [7, 11) is 0. The van der Waals surface area contributed by atoms with Gasteiger partial charge in [-0.15, -0.1) is 0 Å². The lowest BCUT2D eigenvalue weighted by molar-refractivity contribution is -0.122. The van der Waals surface area contributed by atoms with Crippen LogP contribution in [0.3, 0.4) is 0 Å². The van der Waals surface area contributed by atoms with E-state index in [9.17, 15) is 9.59 Å². The smallest absolute Gasteiger partial charge is 0.265 e. The highest BCUT2D eigenvalue weighted by Crippen LogP contribution is 2.30. The summed E-state index contributed by atoms with van der Waals surface area (Å²) < 4.78 is 5.52. The Bertz CT molecular complexity index is 728. The van der Waals surface area contributed by atoms with Crippen molar-refractivity contribution in [1.82, 2.24) is 5.32 Å². The van der Waals surface area contributed by atoms with Gasteiger partial charge >= 0.3 is 0 Å². The van der Waals surface area contributed by atoms with Crippen LogP contribution in [0.25, 0.3) is 0 Å². The largest absolute Gasteiger partial charge is 0.479 e. The Balaban J connectivity index is 1.58. The molecule has 2 aromatic rings. The first-order chi connectivity index (χ1) is 11.1. The van der Waals surface area contributed by atoms with Crippen molar-refractivity contribution in [2.75, 3.05) is 11.9 Å². The molecule has 2 N–H and O–H groups in total. The van der Waals surface area contributed by atoms with Gasteiger partial charge in [0.2, 0.25) is 0 Å². The third-order valence-electron chi connectivity index (χ3n) is 3.71. The van der Waals surface area contributed by atoms with E-state index in [1.807, 2.05) is 36.4 Å². The Morgan fingerprint density at radius 1 is 1.22 bits per heavy atom. The predicted octanol–water partition coefficient (Wildman–Crippen LogP) is 2.38. The maximum absolute atomic E-state index is 12.0. The summed E-state index contributed by atoms with van der Waals surface area (Å²) in [6.07, 6.45) is 0.204. The minimum Gasteiger partial charge on any atom is -0.479 e. The molecule has 2 aromatic carbocycles. The van der Waals surface area contributed by atoms with Gasteiger partial charge in [0.1, 0.15) is 5.75 Å². The Hall–Kier alpha value is -2.82. The van der Waals surface area contributed by atoms with Crippen molar-refractivity contribution < 1.29 is 14.3 Å². The van der Waals surface area contributed by atoms with Crippen molar-refractivity contribution in [2.24, 2.45) is 0 Å². The van der Waals surface area contributed by atoms with Gasteiger partial charge in [0.05, 0.1) is 5.69 Å². The van der Waals surface area contributed by atoms with Crippen LogP contribution in [0.1, 0.15) is 22.8 Å². The molecule has 5 nitrogen and oxygen atoms in total. The fraction of sp³-hybridized carbons (Fsp3) is 0.222. The molecule has 118 valence electrons. The molecule has 0 fully saturated rings. The highest BCUT2D eigenvalue weighted by molar-refractivity contribution is 5.97. The maximum atomic E-state index is 12.0. The number of rotatable bonds is 4. The van der Waals surface area contributed by atoms with Crippen LogP contribution in [0.15, 0.2) is 48.5 Å². The highest BCUT2D eigenvalue weighted by Gasteiger charge is 2.23. The fourth-order valence-electron chi connectivity index (χ4n) is 2.42. The van der Waals surface area contributed by atoms with Crippen molar-refractivity contribution in [3.63, 3.8) is 0 Å². The Labute approximate surface area is 134 Å². The van der Waals surface area contributed by atoms with Gasteiger partial charge in [0, 0.05) is 12.1 Å². The zero-order chi connectivity index (χ0) is 16.2. The zero-order valence-electron chi connectivity index (χ0n) is 12.8. The van der Waals surface area contributed by atoms with Gasteiger partial charge in [-0.05, 0) is 43.2 Å². The number of ether oxygens (including phenoxy) is 1. The third-order valence-corrected chi connectivity index (χ3v) is 3.71. The number of hydrogen-bond donors (Lipinski definition) is 2. The van der Waals surface area contributed by atoms with E-state index >= 15 is 0 Å². The van der Waals surface area contributed by atoms with E-state index in [1.165, 1.54) is 0 Å².